The van der Waals surface area contributed by atoms with E-state index in [0.717, 1.165) is 26.8 Å². The van der Waals surface area contributed by atoms with Crippen molar-refractivity contribution in [3.63, 3.8) is 0 Å². The molecule has 0 aliphatic heterocycles. The summed E-state index contributed by atoms with van der Waals surface area (Å²) >= 11 is 0. The first-order chi connectivity index (χ1) is 11.2. The van der Waals surface area contributed by atoms with Crippen LogP contribution >= 0.6 is 0 Å². The van der Waals surface area contributed by atoms with Crippen LogP contribution in [-0.2, 0) is 17.1 Å². The van der Waals surface area contributed by atoms with Crippen LogP contribution < -0.4 is 0 Å². The Morgan fingerprint density at radius 2 is 1.27 bits per heavy atom. The molecule has 0 aromatic heterocycles. The number of nitrogens with zero attached hydrogens (tertiary/aromatic N) is 1. The molecular formula is C15H14CuF7NO2. The second kappa shape index (κ2) is 8.13. The number of alkyl halides is 3. The number of hydrogen-bond acceptors (Lipinski definition) is 3. The smallest absolute Gasteiger partial charge is 0.392 e. The summed E-state index contributed by atoms with van der Waals surface area (Å²) in [4.78, 5) is 0. The normalized spacial score (nSPS) is 15.7. The van der Waals surface area contributed by atoms with E-state index in [1.165, 1.54) is 0 Å². The summed E-state index contributed by atoms with van der Waals surface area (Å²) in [6.45, 7) is 3.49. The van der Waals surface area contributed by atoms with Crippen LogP contribution in [0.2, 0.25) is 0 Å². The fourth-order valence-electron chi connectivity index (χ4n) is 2.26. The van der Waals surface area contributed by atoms with E-state index >= 15 is 0 Å². The van der Waals surface area contributed by atoms with Gasteiger partial charge in [0.25, 0.3) is 0 Å². The van der Waals surface area contributed by atoms with Gasteiger partial charge in [0.05, 0.1) is 17.8 Å². The average molecular weight is 437 g/mol. The fraction of sp³-hybridized carbons (Fsp3) is 0.533. The first kappa shape index (κ1) is 24.7. The quantitative estimate of drug-likeness (QED) is 0.431. The standard InChI is InChI=1S/C15H14F7NO2.Cu/c1-14(2,3)13(25)7(15(20,21)22)12(24)6-10(18)8(16)5(4-23)9(17)11(6)19;/h7,12-13,24-25H,1-3H3;. The molecular weight excluding hydrogens is 423 g/mol. The van der Waals surface area contributed by atoms with Gasteiger partial charge in [-0.05, 0) is 5.41 Å². The van der Waals surface area contributed by atoms with Crippen LogP contribution in [0.5, 0.6) is 0 Å². The van der Waals surface area contributed by atoms with Crippen LogP contribution in [0.4, 0.5) is 30.7 Å². The van der Waals surface area contributed by atoms with Crippen LogP contribution in [0.1, 0.15) is 38.0 Å². The third-order valence-electron chi connectivity index (χ3n) is 3.65. The Balaban J connectivity index is 0.00000625. The summed E-state index contributed by atoms with van der Waals surface area (Å²) in [6.07, 6.45) is -10.9. The number of rotatable bonds is 3. The predicted octanol–water partition coefficient (Wildman–Crippen LogP) is 3.73. The van der Waals surface area contributed by atoms with Crippen LogP contribution in [0.3, 0.4) is 0 Å². The maximum atomic E-state index is 13.9. The van der Waals surface area contributed by atoms with E-state index in [1.54, 1.807) is 0 Å². The summed E-state index contributed by atoms with van der Waals surface area (Å²) in [7, 11) is 0. The first-order valence-electron chi connectivity index (χ1n) is 6.85. The summed E-state index contributed by atoms with van der Waals surface area (Å²) < 4.78 is 94.7. The summed E-state index contributed by atoms with van der Waals surface area (Å²) in [6, 6.07) is 0.835. The monoisotopic (exact) mass is 436 g/mol. The molecule has 0 bridgehead atoms. The predicted molar refractivity (Wildman–Crippen MR) is 71.0 cm³/mol. The van der Waals surface area contributed by atoms with E-state index in [4.69, 9.17) is 5.26 Å². The van der Waals surface area contributed by atoms with Crippen molar-refractivity contribution >= 4 is 0 Å². The minimum absolute atomic E-state index is 0. The van der Waals surface area contributed by atoms with Gasteiger partial charge < -0.3 is 10.2 Å². The Morgan fingerprint density at radius 3 is 1.54 bits per heavy atom. The zero-order chi connectivity index (χ0) is 19.9. The van der Waals surface area contributed by atoms with Gasteiger partial charge in [0.2, 0.25) is 0 Å². The molecule has 26 heavy (non-hydrogen) atoms. The first-order valence-corrected chi connectivity index (χ1v) is 6.85. The van der Waals surface area contributed by atoms with Crippen LogP contribution in [0.25, 0.3) is 0 Å². The van der Waals surface area contributed by atoms with Gasteiger partial charge in [-0.25, -0.2) is 17.6 Å². The van der Waals surface area contributed by atoms with Crippen molar-refractivity contribution in [1.82, 2.24) is 0 Å². The molecule has 1 radical (unpaired) electrons. The van der Waals surface area contributed by atoms with Crippen molar-refractivity contribution in [2.24, 2.45) is 11.3 Å². The molecule has 3 atom stereocenters. The van der Waals surface area contributed by atoms with E-state index in [0.29, 0.717) is 0 Å². The van der Waals surface area contributed by atoms with Gasteiger partial charge in [-0.3, -0.25) is 0 Å². The van der Waals surface area contributed by atoms with Gasteiger partial charge in [-0.1, -0.05) is 20.8 Å². The fourth-order valence-corrected chi connectivity index (χ4v) is 2.26. The van der Waals surface area contributed by atoms with Crippen molar-refractivity contribution in [3.05, 3.63) is 34.4 Å². The van der Waals surface area contributed by atoms with Crippen LogP contribution in [0, 0.1) is 45.9 Å². The molecule has 0 fully saturated rings. The van der Waals surface area contributed by atoms with Gasteiger partial charge in [0, 0.05) is 17.1 Å². The van der Waals surface area contributed by atoms with Crippen molar-refractivity contribution in [3.8, 4) is 6.07 Å². The van der Waals surface area contributed by atoms with Gasteiger partial charge in [0.15, 0.2) is 23.3 Å². The Labute approximate surface area is 154 Å². The summed E-state index contributed by atoms with van der Waals surface area (Å²) in [5, 5.41) is 28.2. The zero-order valence-corrected chi connectivity index (χ0v) is 14.5. The third-order valence-corrected chi connectivity index (χ3v) is 3.65. The molecule has 0 aliphatic rings. The molecule has 2 N–H and O–H groups in total. The minimum atomic E-state index is -5.36. The Hall–Kier alpha value is -1.34. The van der Waals surface area contributed by atoms with Gasteiger partial charge in [-0.2, -0.15) is 18.4 Å². The molecule has 0 heterocycles. The van der Waals surface area contributed by atoms with Crippen LogP contribution in [0.15, 0.2) is 0 Å². The van der Waals surface area contributed by atoms with Gasteiger partial charge in [-0.15, -0.1) is 0 Å². The summed E-state index contributed by atoms with van der Waals surface area (Å²) in [5.74, 6) is -12.3. The van der Waals surface area contributed by atoms with E-state index in [1.807, 2.05) is 0 Å². The number of halogens is 7. The molecule has 1 aromatic rings. The Morgan fingerprint density at radius 1 is 0.885 bits per heavy atom. The number of benzene rings is 1. The second-order valence-corrected chi connectivity index (χ2v) is 6.48. The zero-order valence-electron chi connectivity index (χ0n) is 13.5. The molecule has 151 valence electrons. The molecule has 11 heteroatoms. The Kier molecular flexibility index (Phi) is 7.71. The molecule has 0 saturated carbocycles. The number of hydrogen-bond donors (Lipinski definition) is 2. The van der Waals surface area contributed by atoms with Crippen molar-refractivity contribution in [1.29, 1.82) is 5.26 Å². The van der Waals surface area contributed by atoms with Gasteiger partial charge in [0.1, 0.15) is 17.6 Å². The minimum Gasteiger partial charge on any atom is -0.392 e. The molecule has 1 rings (SSSR count). The van der Waals surface area contributed by atoms with E-state index in [-0.39, 0.29) is 17.1 Å². The molecule has 3 nitrogen and oxygen atoms in total. The van der Waals surface area contributed by atoms with Gasteiger partial charge >= 0.3 is 6.18 Å². The maximum absolute atomic E-state index is 13.9. The topological polar surface area (TPSA) is 64.2 Å². The van der Waals surface area contributed by atoms with Crippen LogP contribution in [-0.4, -0.2) is 22.5 Å². The molecule has 0 aliphatic carbocycles. The number of nitriles is 1. The third kappa shape index (κ3) is 4.49. The largest absolute Gasteiger partial charge is 0.397 e. The van der Waals surface area contributed by atoms with Crippen molar-refractivity contribution < 1.29 is 58.0 Å². The van der Waals surface area contributed by atoms with E-state index < -0.39 is 64.1 Å². The summed E-state index contributed by atoms with van der Waals surface area (Å²) in [5.41, 5.74) is -5.11. The maximum Gasteiger partial charge on any atom is 0.397 e. The average Bonchev–Trinajstić information content (AvgIpc) is 2.43. The molecule has 3 unspecified atom stereocenters. The molecule has 0 saturated heterocycles. The van der Waals surface area contributed by atoms with Crippen molar-refractivity contribution in [2.45, 2.75) is 39.2 Å². The number of aliphatic hydroxyl groups excluding tert-OH is 2. The SMILES string of the molecule is CC(C)(C)C(O)C(C(O)c1c(F)c(F)c(C#N)c(F)c1F)C(F)(F)F.[Cu]. The second-order valence-electron chi connectivity index (χ2n) is 6.48. The Bertz CT molecular complexity index is 681. The molecule has 1 aromatic carbocycles. The number of aliphatic hydroxyl groups is 2. The van der Waals surface area contributed by atoms with Crippen molar-refractivity contribution in [2.75, 3.05) is 0 Å². The molecule has 0 amide bonds. The molecule has 0 spiro atoms. The van der Waals surface area contributed by atoms with E-state index in [9.17, 15) is 40.9 Å². The van der Waals surface area contributed by atoms with E-state index in [2.05, 4.69) is 0 Å².